The number of carbonyl (C=O) groups excluding carboxylic acids is 3. The molecular formula is C25H23N3O5. The number of nitro benzene ring substituents is 1. The second-order valence-electron chi connectivity index (χ2n) is 9.04. The number of allylic oxidation sites excluding steroid dienone is 2. The highest BCUT2D eigenvalue weighted by Crippen LogP contribution is 2.54. The van der Waals surface area contributed by atoms with E-state index in [1.54, 1.807) is 12.1 Å². The highest BCUT2D eigenvalue weighted by molar-refractivity contribution is 6.07. The molecule has 168 valence electrons. The van der Waals surface area contributed by atoms with Crippen molar-refractivity contribution in [1.29, 1.82) is 0 Å². The fraction of sp³-hybridized carbons (Fsp3) is 0.320. The molecule has 2 aromatic rings. The van der Waals surface area contributed by atoms with Crippen LogP contribution in [0.4, 0.5) is 11.4 Å². The van der Waals surface area contributed by atoms with E-state index in [0.29, 0.717) is 11.3 Å². The predicted molar refractivity (Wildman–Crippen MR) is 120 cm³/mol. The third-order valence-corrected chi connectivity index (χ3v) is 6.96. The molecule has 3 amide bonds. The largest absolute Gasteiger partial charge is 0.326 e. The molecule has 5 atom stereocenters. The van der Waals surface area contributed by atoms with E-state index in [4.69, 9.17) is 0 Å². The average Bonchev–Trinajstić information content (AvgIpc) is 3.46. The standard InChI is InChI=1S/C25H23N3O5/c1-14-4-2-6-18(10-14)26-21(29)13-20(15-5-3-7-19(12-15)28(32)33)27-24(30)22-16-8-9-17(11-16)23(22)25(27)31/h2-10,12,16-17,20,22-23H,11,13H2,1H3,(H,26,29). The van der Waals surface area contributed by atoms with Crippen LogP contribution in [0, 0.1) is 40.7 Å². The predicted octanol–water partition coefficient (Wildman–Crippen LogP) is 3.78. The Morgan fingerprint density at radius 1 is 1.09 bits per heavy atom. The Kier molecular flexibility index (Phi) is 5.08. The monoisotopic (exact) mass is 445 g/mol. The highest BCUT2D eigenvalue weighted by Gasteiger charge is 2.60. The van der Waals surface area contributed by atoms with Gasteiger partial charge in [-0.25, -0.2) is 0 Å². The third-order valence-electron chi connectivity index (χ3n) is 6.96. The van der Waals surface area contributed by atoms with Crippen LogP contribution in [-0.4, -0.2) is 27.5 Å². The average molecular weight is 445 g/mol. The third kappa shape index (κ3) is 3.61. The SMILES string of the molecule is Cc1cccc(NC(=O)CC(c2cccc([N+](=O)[O-])c2)N2C(=O)C3C4C=CC(C4)C3C2=O)c1. The molecule has 1 N–H and O–H groups in total. The lowest BCUT2D eigenvalue weighted by atomic mass is 9.85. The summed E-state index contributed by atoms with van der Waals surface area (Å²) in [7, 11) is 0. The number of nitro groups is 1. The van der Waals surface area contributed by atoms with Crippen LogP contribution in [0.25, 0.3) is 0 Å². The van der Waals surface area contributed by atoms with Gasteiger partial charge in [-0.2, -0.15) is 0 Å². The van der Waals surface area contributed by atoms with Crippen molar-refractivity contribution in [3.63, 3.8) is 0 Å². The maximum Gasteiger partial charge on any atom is 0.269 e. The topological polar surface area (TPSA) is 110 Å². The molecule has 1 aliphatic heterocycles. The van der Waals surface area contributed by atoms with Crippen LogP contribution in [0.3, 0.4) is 0 Å². The van der Waals surface area contributed by atoms with Gasteiger partial charge in [-0.05, 0) is 48.4 Å². The molecule has 1 saturated heterocycles. The summed E-state index contributed by atoms with van der Waals surface area (Å²) in [4.78, 5) is 51.8. The molecule has 1 saturated carbocycles. The zero-order valence-corrected chi connectivity index (χ0v) is 18.0. The molecule has 2 aromatic carbocycles. The molecule has 3 aliphatic rings. The van der Waals surface area contributed by atoms with E-state index < -0.39 is 22.8 Å². The van der Waals surface area contributed by atoms with Crippen LogP contribution in [0.15, 0.2) is 60.7 Å². The summed E-state index contributed by atoms with van der Waals surface area (Å²) >= 11 is 0. The molecular weight excluding hydrogens is 422 g/mol. The van der Waals surface area contributed by atoms with Gasteiger partial charge in [0.05, 0.1) is 29.2 Å². The molecule has 33 heavy (non-hydrogen) atoms. The number of nitrogens with zero attached hydrogens (tertiary/aromatic N) is 2. The van der Waals surface area contributed by atoms with Gasteiger partial charge in [0.15, 0.2) is 0 Å². The maximum atomic E-state index is 13.4. The van der Waals surface area contributed by atoms with Gasteiger partial charge in [0.2, 0.25) is 17.7 Å². The van der Waals surface area contributed by atoms with Crippen molar-refractivity contribution >= 4 is 29.1 Å². The number of benzene rings is 2. The molecule has 5 rings (SSSR count). The fourth-order valence-corrected chi connectivity index (χ4v) is 5.55. The van der Waals surface area contributed by atoms with Crippen molar-refractivity contribution in [2.24, 2.45) is 23.7 Å². The molecule has 2 bridgehead atoms. The number of rotatable bonds is 6. The van der Waals surface area contributed by atoms with Gasteiger partial charge < -0.3 is 5.32 Å². The van der Waals surface area contributed by atoms with Crippen LogP contribution in [-0.2, 0) is 14.4 Å². The van der Waals surface area contributed by atoms with E-state index >= 15 is 0 Å². The van der Waals surface area contributed by atoms with Crippen molar-refractivity contribution in [2.75, 3.05) is 5.32 Å². The van der Waals surface area contributed by atoms with Gasteiger partial charge in [0.1, 0.15) is 0 Å². The lowest BCUT2D eigenvalue weighted by Crippen LogP contribution is -2.38. The lowest BCUT2D eigenvalue weighted by Gasteiger charge is -2.28. The molecule has 1 heterocycles. The van der Waals surface area contributed by atoms with E-state index in [9.17, 15) is 24.5 Å². The number of amides is 3. The number of hydrogen-bond acceptors (Lipinski definition) is 5. The molecule has 5 unspecified atom stereocenters. The molecule has 0 aromatic heterocycles. The normalized spacial score (nSPS) is 25.9. The van der Waals surface area contributed by atoms with E-state index in [1.807, 2.05) is 37.3 Å². The Balaban J connectivity index is 1.47. The Labute approximate surface area is 190 Å². The second-order valence-corrected chi connectivity index (χ2v) is 9.04. The Bertz CT molecular complexity index is 1180. The van der Waals surface area contributed by atoms with Crippen LogP contribution < -0.4 is 5.32 Å². The van der Waals surface area contributed by atoms with Crippen molar-refractivity contribution in [1.82, 2.24) is 4.90 Å². The molecule has 8 heteroatoms. The molecule has 2 fully saturated rings. The molecule has 2 aliphatic carbocycles. The zero-order chi connectivity index (χ0) is 23.3. The van der Waals surface area contributed by atoms with Gasteiger partial charge in [-0.15, -0.1) is 0 Å². The van der Waals surface area contributed by atoms with E-state index in [-0.39, 0.29) is 41.7 Å². The van der Waals surface area contributed by atoms with Gasteiger partial charge in [0, 0.05) is 17.8 Å². The van der Waals surface area contributed by atoms with Gasteiger partial charge >= 0.3 is 0 Å². The quantitative estimate of drug-likeness (QED) is 0.315. The van der Waals surface area contributed by atoms with Crippen LogP contribution in [0.2, 0.25) is 0 Å². The Hall–Kier alpha value is -3.81. The summed E-state index contributed by atoms with van der Waals surface area (Å²) in [5.74, 6) is -1.71. The first-order valence-electron chi connectivity index (χ1n) is 11.0. The van der Waals surface area contributed by atoms with E-state index in [0.717, 1.165) is 12.0 Å². The van der Waals surface area contributed by atoms with E-state index in [2.05, 4.69) is 5.32 Å². The molecule has 8 nitrogen and oxygen atoms in total. The summed E-state index contributed by atoms with van der Waals surface area (Å²) in [5, 5.41) is 14.2. The smallest absolute Gasteiger partial charge is 0.269 e. The van der Waals surface area contributed by atoms with Gasteiger partial charge in [0.25, 0.3) is 5.69 Å². The summed E-state index contributed by atoms with van der Waals surface area (Å²) in [5.41, 5.74) is 1.82. The first kappa shape index (κ1) is 21.1. The number of carbonyl (C=O) groups is 3. The lowest BCUT2D eigenvalue weighted by molar-refractivity contribution is -0.385. The minimum absolute atomic E-state index is 0.0355. The number of aryl methyl sites for hydroxylation is 1. The number of nitrogens with one attached hydrogen (secondary N) is 1. The van der Waals surface area contributed by atoms with Gasteiger partial charge in [-0.1, -0.05) is 36.4 Å². The fourth-order valence-electron chi connectivity index (χ4n) is 5.55. The van der Waals surface area contributed by atoms with Gasteiger partial charge in [-0.3, -0.25) is 29.4 Å². The van der Waals surface area contributed by atoms with Crippen LogP contribution >= 0.6 is 0 Å². The van der Waals surface area contributed by atoms with Crippen molar-refractivity contribution in [3.05, 3.63) is 81.9 Å². The number of non-ortho nitro benzene ring substituents is 1. The van der Waals surface area contributed by atoms with Crippen LogP contribution in [0.5, 0.6) is 0 Å². The Morgan fingerprint density at radius 3 is 2.39 bits per heavy atom. The number of imide groups is 1. The summed E-state index contributed by atoms with van der Waals surface area (Å²) in [6, 6.07) is 12.2. The number of anilines is 1. The van der Waals surface area contributed by atoms with Crippen LogP contribution in [0.1, 0.15) is 30.0 Å². The summed E-state index contributed by atoms with van der Waals surface area (Å²) < 4.78 is 0. The van der Waals surface area contributed by atoms with Crippen molar-refractivity contribution < 1.29 is 19.3 Å². The van der Waals surface area contributed by atoms with Crippen molar-refractivity contribution in [2.45, 2.75) is 25.8 Å². The number of likely N-dealkylation sites (tertiary alicyclic amines) is 1. The molecule has 0 radical (unpaired) electrons. The summed E-state index contributed by atoms with van der Waals surface area (Å²) in [6.45, 7) is 1.91. The first-order chi connectivity index (χ1) is 15.8. The minimum Gasteiger partial charge on any atom is -0.326 e. The zero-order valence-electron chi connectivity index (χ0n) is 18.0. The van der Waals surface area contributed by atoms with E-state index in [1.165, 1.54) is 23.1 Å². The maximum absolute atomic E-state index is 13.4. The first-order valence-corrected chi connectivity index (χ1v) is 11.0. The number of fused-ring (bicyclic) bond motifs is 5. The number of hydrogen-bond donors (Lipinski definition) is 1. The second kappa shape index (κ2) is 7.95. The minimum atomic E-state index is -0.917. The molecule has 0 spiro atoms. The summed E-state index contributed by atoms with van der Waals surface area (Å²) in [6.07, 6.45) is 4.63. The Morgan fingerprint density at radius 2 is 1.76 bits per heavy atom. The highest BCUT2D eigenvalue weighted by atomic mass is 16.6. The van der Waals surface area contributed by atoms with Crippen molar-refractivity contribution in [3.8, 4) is 0 Å².